The van der Waals surface area contributed by atoms with E-state index < -0.39 is 0 Å². The van der Waals surface area contributed by atoms with E-state index in [1.165, 1.54) is 11.8 Å². The van der Waals surface area contributed by atoms with Gasteiger partial charge in [0.15, 0.2) is 0 Å². The largest absolute Gasteiger partial charge is 0.457 e. The fourth-order valence-electron chi connectivity index (χ4n) is 3.57. The van der Waals surface area contributed by atoms with E-state index in [9.17, 15) is 4.79 Å². The van der Waals surface area contributed by atoms with Crippen LogP contribution >= 0.6 is 24.0 Å². The predicted molar refractivity (Wildman–Crippen MR) is 116 cm³/mol. The molecule has 0 unspecified atom stereocenters. The number of nitrogens with zero attached hydrogens (tertiary/aromatic N) is 1. The second-order valence-corrected chi connectivity index (χ2v) is 8.22. The van der Waals surface area contributed by atoms with Gasteiger partial charge in [0.05, 0.1) is 10.9 Å². The molecule has 0 radical (unpaired) electrons. The van der Waals surface area contributed by atoms with Crippen molar-refractivity contribution >= 4 is 40.3 Å². The van der Waals surface area contributed by atoms with Crippen LogP contribution in [0, 0.1) is 0 Å². The summed E-state index contributed by atoms with van der Waals surface area (Å²) < 4.78 is 6.62. The number of hydrogen-bond donors (Lipinski definition) is 0. The molecule has 0 spiro atoms. The molecule has 0 aromatic heterocycles. The van der Waals surface area contributed by atoms with Crippen molar-refractivity contribution in [1.29, 1.82) is 0 Å². The zero-order valence-electron chi connectivity index (χ0n) is 14.7. The zero-order chi connectivity index (χ0) is 19.1. The number of thiocarbonyl (C=S) groups is 1. The van der Waals surface area contributed by atoms with Gasteiger partial charge in [0.2, 0.25) is 0 Å². The van der Waals surface area contributed by atoms with Crippen molar-refractivity contribution in [3.8, 4) is 11.5 Å². The molecule has 1 amide bonds. The van der Waals surface area contributed by atoms with Gasteiger partial charge in [-0.05, 0) is 23.8 Å². The quantitative estimate of drug-likeness (QED) is 0.402. The van der Waals surface area contributed by atoms with Crippen LogP contribution in [0.1, 0.15) is 22.7 Å². The molecule has 3 aromatic rings. The third-order valence-corrected chi connectivity index (χ3v) is 6.16. The second-order valence-electron chi connectivity index (χ2n) is 6.54. The lowest BCUT2D eigenvalue weighted by Gasteiger charge is -2.33. The summed E-state index contributed by atoms with van der Waals surface area (Å²) in [5.41, 5.74) is 2.87. The average molecular weight is 402 g/mol. The highest BCUT2D eigenvalue weighted by atomic mass is 32.2. The van der Waals surface area contributed by atoms with Crippen molar-refractivity contribution in [2.24, 2.45) is 0 Å². The Kier molecular flexibility index (Phi) is 4.26. The maximum atomic E-state index is 13.3. The summed E-state index contributed by atoms with van der Waals surface area (Å²) in [4.78, 5) is 15.7. The van der Waals surface area contributed by atoms with Crippen LogP contribution in [0.25, 0.3) is 6.08 Å². The third-order valence-electron chi connectivity index (χ3n) is 4.83. The van der Waals surface area contributed by atoms with Gasteiger partial charge in [-0.1, -0.05) is 90.7 Å². The number of ether oxygens (including phenoxy) is 1. The molecule has 2 aliphatic heterocycles. The van der Waals surface area contributed by atoms with Gasteiger partial charge in [-0.25, -0.2) is 0 Å². The van der Waals surface area contributed by atoms with E-state index in [2.05, 4.69) is 0 Å². The first-order valence-electron chi connectivity index (χ1n) is 8.90. The Labute approximate surface area is 172 Å². The van der Waals surface area contributed by atoms with Crippen molar-refractivity contribution < 1.29 is 9.53 Å². The highest BCUT2D eigenvalue weighted by Crippen LogP contribution is 2.49. The summed E-state index contributed by atoms with van der Waals surface area (Å²) in [6.45, 7) is 0. The van der Waals surface area contributed by atoms with Crippen molar-refractivity contribution in [2.75, 3.05) is 0 Å². The number of fused-ring (bicyclic) bond motifs is 2. The summed E-state index contributed by atoms with van der Waals surface area (Å²) in [5.74, 6) is 1.44. The molecule has 5 rings (SSSR count). The Morgan fingerprint density at radius 3 is 2.07 bits per heavy atom. The fourth-order valence-corrected chi connectivity index (χ4v) is 4.88. The van der Waals surface area contributed by atoms with E-state index in [0.29, 0.717) is 9.23 Å². The Hall–Kier alpha value is -2.89. The van der Waals surface area contributed by atoms with Crippen LogP contribution in [-0.4, -0.2) is 15.1 Å². The van der Waals surface area contributed by atoms with Crippen molar-refractivity contribution in [1.82, 2.24) is 4.90 Å². The molecule has 0 saturated carbocycles. The molecule has 0 aliphatic carbocycles. The topological polar surface area (TPSA) is 29.5 Å². The lowest BCUT2D eigenvalue weighted by molar-refractivity contribution is -0.123. The molecule has 2 aliphatic rings. The molecule has 0 bridgehead atoms. The molecule has 2 heterocycles. The maximum Gasteiger partial charge on any atom is 0.267 e. The van der Waals surface area contributed by atoms with Gasteiger partial charge in [0, 0.05) is 11.1 Å². The van der Waals surface area contributed by atoms with Crippen LogP contribution in [0.4, 0.5) is 0 Å². The number of thioether (sulfide) groups is 1. The molecule has 1 fully saturated rings. The predicted octanol–water partition coefficient (Wildman–Crippen LogP) is 5.78. The third kappa shape index (κ3) is 2.84. The van der Waals surface area contributed by atoms with Crippen LogP contribution in [0.15, 0.2) is 83.8 Å². The van der Waals surface area contributed by atoms with Gasteiger partial charge < -0.3 is 4.74 Å². The Bertz CT molecular complexity index is 1080. The number of carbonyl (C=O) groups is 1. The lowest BCUT2D eigenvalue weighted by atomic mass is 9.93. The molecule has 3 nitrogen and oxygen atoms in total. The summed E-state index contributed by atoms with van der Waals surface area (Å²) in [6, 6.07) is 25.2. The molecule has 0 atom stereocenters. The first-order chi connectivity index (χ1) is 13.7. The molecule has 3 aromatic carbocycles. The second kappa shape index (κ2) is 6.93. The molecule has 1 saturated heterocycles. The first kappa shape index (κ1) is 17.2. The lowest BCUT2D eigenvalue weighted by Crippen LogP contribution is -2.34. The maximum absolute atomic E-state index is 13.3. The number of rotatable bonds is 2. The van der Waals surface area contributed by atoms with Crippen LogP contribution in [-0.2, 0) is 4.79 Å². The van der Waals surface area contributed by atoms with E-state index in [1.807, 2.05) is 84.9 Å². The highest BCUT2D eigenvalue weighted by molar-refractivity contribution is 8.26. The van der Waals surface area contributed by atoms with E-state index in [1.54, 1.807) is 4.90 Å². The Morgan fingerprint density at radius 1 is 0.857 bits per heavy atom. The fraction of sp³-hybridized carbons (Fsp3) is 0.0435. The van der Waals surface area contributed by atoms with Gasteiger partial charge in [-0.2, -0.15) is 0 Å². The number of hydrogen-bond acceptors (Lipinski definition) is 4. The minimum atomic E-state index is -0.296. The summed E-state index contributed by atoms with van der Waals surface area (Å²) in [6.07, 6.45) is 1.90. The summed E-state index contributed by atoms with van der Waals surface area (Å²) >= 11 is 6.98. The molecule has 136 valence electrons. The Morgan fingerprint density at radius 2 is 1.43 bits per heavy atom. The van der Waals surface area contributed by atoms with Crippen LogP contribution in [0.5, 0.6) is 11.5 Å². The van der Waals surface area contributed by atoms with E-state index in [4.69, 9.17) is 17.0 Å². The SMILES string of the molecule is O=C1/C(=C/c2ccccc2)SC(=S)N1C1c2ccccc2Oc2ccccc21. The number of carbonyl (C=O) groups excluding carboxylic acids is 1. The molecule has 5 heteroatoms. The van der Waals surface area contributed by atoms with Crippen molar-refractivity contribution in [3.63, 3.8) is 0 Å². The van der Waals surface area contributed by atoms with Gasteiger partial charge in [0.1, 0.15) is 15.8 Å². The highest BCUT2D eigenvalue weighted by Gasteiger charge is 2.42. The van der Waals surface area contributed by atoms with E-state index in [-0.39, 0.29) is 11.9 Å². The van der Waals surface area contributed by atoms with Gasteiger partial charge in [-0.15, -0.1) is 0 Å². The van der Waals surface area contributed by atoms with Gasteiger partial charge >= 0.3 is 0 Å². The van der Waals surface area contributed by atoms with Crippen molar-refractivity contribution in [2.45, 2.75) is 6.04 Å². The summed E-state index contributed by atoms with van der Waals surface area (Å²) in [5, 5.41) is 0. The smallest absolute Gasteiger partial charge is 0.267 e. The first-order valence-corrected chi connectivity index (χ1v) is 10.1. The normalized spacial score (nSPS) is 17.4. The minimum absolute atomic E-state index is 0.0737. The Balaban J connectivity index is 1.61. The van der Waals surface area contributed by atoms with Crippen LogP contribution in [0.2, 0.25) is 0 Å². The molecular formula is C23H15NO2S2. The van der Waals surface area contributed by atoms with Gasteiger partial charge in [-0.3, -0.25) is 9.69 Å². The number of para-hydroxylation sites is 2. The zero-order valence-corrected chi connectivity index (χ0v) is 16.4. The average Bonchev–Trinajstić information content (AvgIpc) is 3.00. The van der Waals surface area contributed by atoms with Crippen molar-refractivity contribution in [3.05, 3.63) is 100 Å². The monoisotopic (exact) mass is 401 g/mol. The van der Waals surface area contributed by atoms with Gasteiger partial charge in [0.25, 0.3) is 5.91 Å². The van der Waals surface area contributed by atoms with Crippen LogP contribution < -0.4 is 4.74 Å². The molecular weight excluding hydrogens is 386 g/mol. The molecule has 0 N–H and O–H groups in total. The minimum Gasteiger partial charge on any atom is -0.457 e. The number of amides is 1. The standard InChI is InChI=1S/C23H15NO2S2/c25-22-20(14-15-8-2-1-3-9-15)28-23(27)24(22)21-16-10-4-6-12-18(16)26-19-13-7-5-11-17(19)21/h1-14,21H/b20-14-. The van der Waals surface area contributed by atoms with E-state index >= 15 is 0 Å². The molecule has 28 heavy (non-hydrogen) atoms. The number of benzene rings is 3. The summed E-state index contributed by atoms with van der Waals surface area (Å²) in [7, 11) is 0. The van der Waals surface area contributed by atoms with E-state index in [0.717, 1.165) is 28.2 Å². The van der Waals surface area contributed by atoms with Crippen LogP contribution in [0.3, 0.4) is 0 Å².